The molecular formula is C3H6N4. The lowest BCUT2D eigenvalue weighted by molar-refractivity contribution is 0.239. The van der Waals surface area contributed by atoms with Crippen molar-refractivity contribution >= 4 is 6.19 Å². The molecule has 0 aliphatic carbocycles. The van der Waals surface area contributed by atoms with Gasteiger partial charge < -0.3 is 0 Å². The second-order valence-corrected chi connectivity index (χ2v) is 0.863. The maximum Gasteiger partial charge on any atom is 0.147 e. The Labute approximate surface area is 48.4 Å². The minimum absolute atomic E-state index is 0.0650. The smallest absolute Gasteiger partial charge is 0.147 e. The molecule has 0 atom stereocenters. The molecule has 1 heterocycles. The van der Waals surface area contributed by atoms with Crippen molar-refractivity contribution < 1.29 is 6.94 Å². The Morgan fingerprint density at radius 3 is 3.86 bits per heavy atom. The van der Waals surface area contributed by atoms with E-state index < -0.39 is 6.19 Å². The second kappa shape index (κ2) is 1.61. The first-order chi connectivity index (χ1) is 5.52. The quantitative estimate of drug-likeness (QED) is 0.426. The molecule has 0 saturated heterocycles. The van der Waals surface area contributed by atoms with Crippen LogP contribution in [0.3, 0.4) is 0 Å². The Hall–Kier alpha value is -1.03. The van der Waals surface area contributed by atoms with Crippen molar-refractivity contribution in [3.05, 3.63) is 12.2 Å². The van der Waals surface area contributed by atoms with Gasteiger partial charge in [0.05, 0.1) is 10.3 Å². The van der Waals surface area contributed by atoms with E-state index in [2.05, 4.69) is 10.5 Å². The van der Waals surface area contributed by atoms with Gasteiger partial charge in [-0.2, -0.15) is 0 Å². The van der Waals surface area contributed by atoms with Gasteiger partial charge in [-0.05, 0) is 6.05 Å². The average Bonchev–Trinajstić information content (AvgIpc) is 1.99. The van der Waals surface area contributed by atoms with E-state index in [4.69, 9.17) is 6.94 Å². The van der Waals surface area contributed by atoms with E-state index in [1.165, 1.54) is 0 Å². The van der Waals surface area contributed by atoms with Crippen molar-refractivity contribution in [3.63, 3.8) is 0 Å². The number of nitrogens with two attached hydrogens (primary N) is 1. The van der Waals surface area contributed by atoms with E-state index in [0.717, 1.165) is 0 Å². The molecule has 0 saturated carbocycles. The Kier molecular flexibility index (Phi) is 0.282. The number of nitrogens with one attached hydrogen (secondary N) is 1. The van der Waals surface area contributed by atoms with Crippen molar-refractivity contribution in [1.82, 2.24) is 10.7 Å². The summed E-state index contributed by atoms with van der Waals surface area (Å²) < 4.78 is 34.6. The van der Waals surface area contributed by atoms with Crippen molar-refractivity contribution in [1.29, 1.82) is 0 Å². The van der Waals surface area contributed by atoms with Crippen molar-refractivity contribution in [3.8, 4) is 0 Å². The zero-order valence-electron chi connectivity index (χ0n) is 8.34. The third-order valence-corrected chi connectivity index (χ3v) is 0.419. The fraction of sp³-hybridized carbons (Fsp3) is 0. The first-order valence-corrected chi connectivity index (χ1v) is 1.60. The zero-order valence-corrected chi connectivity index (χ0v) is 3.34. The van der Waals surface area contributed by atoms with Gasteiger partial charge in [-0.3, -0.25) is 5.43 Å². The van der Waals surface area contributed by atoms with Crippen LogP contribution in [0.1, 0.15) is 4.11 Å². The highest BCUT2D eigenvalue weighted by atomic mass is 15.8. The number of hydrazine groups is 2. The Morgan fingerprint density at radius 2 is 3.14 bits per heavy atom. The molecular weight excluding hydrogens is 92.1 g/mol. The van der Waals surface area contributed by atoms with Crippen LogP contribution in [0, 0.1) is 0 Å². The van der Waals surface area contributed by atoms with E-state index in [1.54, 1.807) is 0 Å². The van der Waals surface area contributed by atoms with Crippen molar-refractivity contribution in [2.45, 2.75) is 0 Å². The summed E-state index contributed by atoms with van der Waals surface area (Å²) in [4.78, 5) is 0. The first-order valence-electron chi connectivity index (χ1n) is 3.99. The third kappa shape index (κ3) is 0.902. The minimum atomic E-state index is -0.455. The van der Waals surface area contributed by atoms with Gasteiger partial charge in [0, 0.05) is 6.18 Å². The molecule has 7 heavy (non-hydrogen) atoms. The number of nitrogens with zero attached hydrogens (tertiary/aromatic N) is 2. The molecule has 4 nitrogen and oxygen atoms in total. The van der Waals surface area contributed by atoms with Gasteiger partial charge in [0.1, 0.15) is 2.82 Å². The molecule has 0 unspecified atom stereocenters. The summed E-state index contributed by atoms with van der Waals surface area (Å²) in [5, 5.41) is 3.86. The van der Waals surface area contributed by atoms with Gasteiger partial charge in [0.15, 0.2) is 0 Å². The summed E-state index contributed by atoms with van der Waals surface area (Å²) in [6, 6.07) is -0.367. The molecule has 0 aromatic heterocycles. The standard InChI is InChI=1S/C3H6N4/c4-7-5-2-1-3-6-7/h1-3,5H,4H2/i1D,2D,3D/hD2. The average molecular weight is 103 g/mol. The van der Waals surface area contributed by atoms with Crippen LogP contribution in [-0.4, -0.2) is 11.4 Å². The fourth-order valence-electron chi connectivity index (χ4n) is 0.203. The van der Waals surface area contributed by atoms with Crippen LogP contribution >= 0.6 is 0 Å². The molecule has 0 fully saturated rings. The van der Waals surface area contributed by atoms with E-state index in [9.17, 15) is 0 Å². The highest BCUT2D eigenvalue weighted by Gasteiger charge is 1.85. The summed E-state index contributed by atoms with van der Waals surface area (Å²) in [6.45, 7) is 0. The van der Waals surface area contributed by atoms with E-state index in [1.807, 2.05) is 0 Å². The number of hydrogen-bond acceptors (Lipinski definition) is 4. The summed E-state index contributed by atoms with van der Waals surface area (Å²) in [6.07, 6.45) is -0.817. The molecule has 0 bridgehead atoms. The highest BCUT2D eigenvalue weighted by molar-refractivity contribution is 5.70. The van der Waals surface area contributed by atoms with Crippen molar-refractivity contribution in [2.24, 2.45) is 10.9 Å². The molecule has 3 N–H and O–H groups in total. The van der Waals surface area contributed by atoms with Crippen LogP contribution in [0.15, 0.2) is 17.3 Å². The van der Waals surface area contributed by atoms with E-state index in [0.29, 0.717) is 5.23 Å². The molecule has 4 heteroatoms. The van der Waals surface area contributed by atoms with E-state index >= 15 is 0 Å². The zero-order chi connectivity index (χ0) is 9.30. The van der Waals surface area contributed by atoms with Crippen LogP contribution < -0.4 is 11.3 Å². The lowest BCUT2D eigenvalue weighted by atomic mass is 10.7. The SMILES string of the molecule is [2H]C1=NN(N([2H])[2H])NC([2H])=C1[2H]. The maximum absolute atomic E-state index is 7.08. The lowest BCUT2D eigenvalue weighted by Crippen LogP contribution is -2.37. The molecule has 0 aromatic carbocycles. The van der Waals surface area contributed by atoms with Gasteiger partial charge in [-0.1, -0.05) is 0 Å². The Bertz CT molecular complexity index is 247. The number of hydrogen-bond donors (Lipinski definition) is 2. The van der Waals surface area contributed by atoms with Crippen LogP contribution in [0.2, 0.25) is 2.82 Å². The van der Waals surface area contributed by atoms with Crippen LogP contribution in [0.5, 0.6) is 0 Å². The van der Waals surface area contributed by atoms with Crippen LogP contribution in [-0.2, 0) is 0 Å². The largest absolute Gasteiger partial charge is 0.275 e. The topological polar surface area (TPSA) is 53.6 Å². The first kappa shape index (κ1) is 1.23. The summed E-state index contributed by atoms with van der Waals surface area (Å²) in [5.41, 5.74) is 2.13. The lowest BCUT2D eigenvalue weighted by Gasteiger charge is -2.11. The number of rotatable bonds is 1. The molecule has 1 aliphatic rings. The molecule has 0 spiro atoms. The molecule has 0 aromatic rings. The predicted molar refractivity (Wildman–Crippen MR) is 26.8 cm³/mol. The van der Waals surface area contributed by atoms with E-state index in [-0.39, 0.29) is 18.1 Å². The monoisotopic (exact) mass is 103 g/mol. The van der Waals surface area contributed by atoms with Crippen LogP contribution in [0.4, 0.5) is 0 Å². The Morgan fingerprint density at radius 1 is 2.14 bits per heavy atom. The molecule has 0 amide bonds. The van der Waals surface area contributed by atoms with Gasteiger partial charge in [-0.25, -0.2) is 5.83 Å². The summed E-state index contributed by atoms with van der Waals surface area (Å²) in [7, 11) is 0. The van der Waals surface area contributed by atoms with Gasteiger partial charge in [0.2, 0.25) is 0 Å². The third-order valence-electron chi connectivity index (χ3n) is 0.419. The van der Waals surface area contributed by atoms with Crippen molar-refractivity contribution in [2.75, 3.05) is 0 Å². The van der Waals surface area contributed by atoms with Gasteiger partial charge >= 0.3 is 0 Å². The predicted octanol–water partition coefficient (Wildman–Crippen LogP) is -0.820. The number of hydrazone groups is 1. The molecule has 38 valence electrons. The molecule has 0 radical (unpaired) electrons. The minimum Gasteiger partial charge on any atom is -0.275 e. The van der Waals surface area contributed by atoms with Gasteiger partial charge in [0.25, 0.3) is 0 Å². The highest BCUT2D eigenvalue weighted by Crippen LogP contribution is 1.76. The van der Waals surface area contributed by atoms with Gasteiger partial charge in [-0.15, -0.1) is 10.3 Å². The normalized spacial score (nSPS) is 31.9. The fourth-order valence-corrected chi connectivity index (χ4v) is 0.203. The summed E-state index contributed by atoms with van der Waals surface area (Å²) >= 11 is 0. The Balaban J connectivity index is 2.84. The summed E-state index contributed by atoms with van der Waals surface area (Å²) in [5.74, 6) is 0.0650. The van der Waals surface area contributed by atoms with Crippen LogP contribution in [0.25, 0.3) is 0 Å². The molecule has 1 aliphatic heterocycles. The second-order valence-electron chi connectivity index (χ2n) is 0.863. The number of allylic oxidation sites excluding steroid dienone is 1. The molecule has 1 rings (SSSR count). The maximum atomic E-state index is 7.08.